The van der Waals surface area contributed by atoms with E-state index in [0.717, 1.165) is 31.4 Å². The maximum absolute atomic E-state index is 13.3. The van der Waals surface area contributed by atoms with Crippen molar-refractivity contribution < 1.29 is 29.0 Å². The summed E-state index contributed by atoms with van der Waals surface area (Å²) < 4.78 is 12.2. The predicted octanol–water partition coefficient (Wildman–Crippen LogP) is 5.66. The summed E-state index contributed by atoms with van der Waals surface area (Å²) in [7, 11) is 0. The van der Waals surface area contributed by atoms with Gasteiger partial charge in [0.05, 0.1) is 12.1 Å². The molecule has 4 rings (SSSR count). The summed E-state index contributed by atoms with van der Waals surface area (Å²) in [6, 6.07) is 22.2. The van der Waals surface area contributed by atoms with Crippen molar-refractivity contribution in [2.45, 2.75) is 77.7 Å². The molecule has 252 valence electrons. The topological polar surface area (TPSA) is 138 Å². The lowest BCUT2D eigenvalue weighted by Gasteiger charge is -2.31. The van der Waals surface area contributed by atoms with Crippen LogP contribution in [0.25, 0.3) is 11.1 Å². The molecule has 0 saturated carbocycles. The monoisotopic (exact) mass is 756 g/mol. The Morgan fingerprint density at radius 3 is 1.96 bits per heavy atom. The second kappa shape index (κ2) is 15.5. The highest BCUT2D eigenvalue weighted by Crippen LogP contribution is 2.44. The van der Waals surface area contributed by atoms with E-state index in [2.05, 4.69) is 56.2 Å². The van der Waals surface area contributed by atoms with Crippen LogP contribution in [-0.4, -0.2) is 60.1 Å². The molecular formula is C36H45IN4O6. The number of aliphatic hydroxyl groups is 1. The molecule has 10 nitrogen and oxygen atoms in total. The summed E-state index contributed by atoms with van der Waals surface area (Å²) in [5, 5.41) is 16.5. The van der Waals surface area contributed by atoms with Crippen molar-refractivity contribution in [1.82, 2.24) is 21.5 Å². The highest BCUT2D eigenvalue weighted by atomic mass is 127. The number of alkyl carbamates (subject to hydrolysis) is 2. The molecule has 1 aliphatic rings. The van der Waals surface area contributed by atoms with E-state index in [4.69, 9.17) is 9.47 Å². The Morgan fingerprint density at radius 2 is 1.40 bits per heavy atom. The van der Waals surface area contributed by atoms with E-state index in [-0.39, 0.29) is 19.1 Å². The van der Waals surface area contributed by atoms with Gasteiger partial charge in [-0.15, -0.1) is 0 Å². The van der Waals surface area contributed by atoms with Crippen LogP contribution >= 0.6 is 22.6 Å². The SMILES string of the molecule is CC(C)(C)OC(=O)N[C@@H](Cc1ccc(I)cc1)[C@@H](O)CNNC(=O)[C@@H](NC(=O)OCC1c2ccccc2-c2ccccc21)C(C)(C)C. The summed E-state index contributed by atoms with van der Waals surface area (Å²) in [6.07, 6.45) is -2.12. The van der Waals surface area contributed by atoms with Crippen molar-refractivity contribution in [3.8, 4) is 11.1 Å². The lowest BCUT2D eigenvalue weighted by molar-refractivity contribution is -0.126. The number of carbonyl (C=O) groups is 3. The number of rotatable bonds is 11. The lowest BCUT2D eigenvalue weighted by atomic mass is 9.86. The van der Waals surface area contributed by atoms with Crippen LogP contribution in [0.4, 0.5) is 9.59 Å². The summed E-state index contributed by atoms with van der Waals surface area (Å²) >= 11 is 2.21. The van der Waals surface area contributed by atoms with Gasteiger partial charge in [-0.25, -0.2) is 15.0 Å². The van der Waals surface area contributed by atoms with E-state index >= 15 is 0 Å². The van der Waals surface area contributed by atoms with E-state index in [1.807, 2.05) is 81.4 Å². The van der Waals surface area contributed by atoms with Gasteiger partial charge < -0.3 is 25.2 Å². The van der Waals surface area contributed by atoms with Crippen LogP contribution in [0.3, 0.4) is 0 Å². The number of ether oxygens (including phenoxy) is 2. The number of hydrogen-bond acceptors (Lipinski definition) is 7. The molecule has 0 bridgehead atoms. The summed E-state index contributed by atoms with van der Waals surface area (Å²) in [6.45, 7) is 10.8. The minimum absolute atomic E-state index is 0.0849. The smallest absolute Gasteiger partial charge is 0.407 e. The van der Waals surface area contributed by atoms with E-state index in [9.17, 15) is 19.5 Å². The molecule has 3 atom stereocenters. The maximum atomic E-state index is 13.3. The Bertz CT molecular complexity index is 1500. The third-order valence-corrected chi connectivity index (χ3v) is 8.51. The number of halogens is 1. The molecule has 47 heavy (non-hydrogen) atoms. The van der Waals surface area contributed by atoms with Crippen molar-refractivity contribution in [2.75, 3.05) is 13.2 Å². The highest BCUT2D eigenvalue weighted by Gasteiger charge is 2.35. The Kier molecular flexibility index (Phi) is 11.9. The molecule has 0 unspecified atom stereocenters. The molecule has 3 aromatic rings. The molecule has 0 spiro atoms. The van der Waals surface area contributed by atoms with Crippen molar-refractivity contribution in [3.05, 3.63) is 93.1 Å². The molecule has 1 aliphatic carbocycles. The first-order chi connectivity index (χ1) is 22.1. The molecule has 0 aromatic heterocycles. The van der Waals surface area contributed by atoms with Crippen LogP contribution in [0.15, 0.2) is 72.8 Å². The molecular weight excluding hydrogens is 711 g/mol. The fourth-order valence-electron chi connectivity index (χ4n) is 5.51. The molecule has 0 radical (unpaired) electrons. The number of hydrogen-bond donors (Lipinski definition) is 5. The minimum atomic E-state index is -1.09. The van der Waals surface area contributed by atoms with Crippen LogP contribution < -0.4 is 21.5 Å². The molecule has 0 fully saturated rings. The summed E-state index contributed by atoms with van der Waals surface area (Å²) in [5.41, 5.74) is 9.34. The molecule has 11 heteroatoms. The largest absolute Gasteiger partial charge is 0.449 e. The predicted molar refractivity (Wildman–Crippen MR) is 190 cm³/mol. The van der Waals surface area contributed by atoms with Crippen molar-refractivity contribution >= 4 is 40.7 Å². The first-order valence-corrected chi connectivity index (χ1v) is 16.8. The third kappa shape index (κ3) is 10.2. The van der Waals surface area contributed by atoms with Crippen LogP contribution in [0.2, 0.25) is 0 Å². The van der Waals surface area contributed by atoms with Gasteiger partial charge >= 0.3 is 12.2 Å². The average molecular weight is 757 g/mol. The molecule has 3 amide bonds. The quantitative estimate of drug-likeness (QED) is 0.126. The van der Waals surface area contributed by atoms with Crippen molar-refractivity contribution in [2.24, 2.45) is 5.41 Å². The molecule has 0 saturated heterocycles. The fraction of sp³-hybridized carbons (Fsp3) is 0.417. The van der Waals surface area contributed by atoms with Crippen molar-refractivity contribution in [1.29, 1.82) is 0 Å². The van der Waals surface area contributed by atoms with Crippen LogP contribution in [0, 0.1) is 8.99 Å². The van der Waals surface area contributed by atoms with Crippen LogP contribution in [0.1, 0.15) is 64.2 Å². The second-order valence-corrected chi connectivity index (χ2v) is 15.0. The highest BCUT2D eigenvalue weighted by molar-refractivity contribution is 14.1. The summed E-state index contributed by atoms with van der Waals surface area (Å²) in [5.74, 6) is -0.618. The standard InChI is InChI=1S/C36H45IN4O6/c1-35(2,3)31(40-33(44)46-21-28-26-13-9-7-11-24(26)25-12-8-10-14-27(25)28)32(43)41-38-20-30(42)29(39-34(45)47-36(4,5)6)19-22-15-17-23(37)18-16-22/h7-18,28-31,38,42H,19-21H2,1-6H3,(H,39,45)(H,40,44)(H,41,43)/t29-,30-,31+/m0/s1. The van der Waals surface area contributed by atoms with Gasteiger partial charge in [-0.1, -0.05) is 81.4 Å². The van der Waals surface area contributed by atoms with Gasteiger partial charge in [-0.2, -0.15) is 0 Å². The zero-order chi connectivity index (χ0) is 34.4. The second-order valence-electron chi connectivity index (χ2n) is 13.8. The molecule has 0 heterocycles. The minimum Gasteiger partial charge on any atom is -0.449 e. The van der Waals surface area contributed by atoms with Crippen LogP contribution in [0.5, 0.6) is 0 Å². The first-order valence-electron chi connectivity index (χ1n) is 15.7. The molecule has 3 aromatic carbocycles. The zero-order valence-corrected chi connectivity index (χ0v) is 29.9. The first kappa shape index (κ1) is 36.2. The third-order valence-electron chi connectivity index (χ3n) is 7.79. The van der Waals surface area contributed by atoms with Gasteiger partial charge in [0, 0.05) is 16.0 Å². The zero-order valence-electron chi connectivity index (χ0n) is 27.7. The maximum Gasteiger partial charge on any atom is 0.407 e. The normalized spacial score (nSPS) is 14.6. The summed E-state index contributed by atoms with van der Waals surface area (Å²) in [4.78, 5) is 38.9. The van der Waals surface area contributed by atoms with Gasteiger partial charge in [0.1, 0.15) is 18.2 Å². The average Bonchev–Trinajstić information content (AvgIpc) is 3.31. The Morgan fingerprint density at radius 1 is 0.830 bits per heavy atom. The molecule has 0 aliphatic heterocycles. The van der Waals surface area contributed by atoms with Gasteiger partial charge in [-0.05, 0) is 95.1 Å². The number of fused-ring (bicyclic) bond motifs is 3. The Labute approximate surface area is 290 Å². The number of carbonyl (C=O) groups excluding carboxylic acids is 3. The van der Waals surface area contributed by atoms with E-state index in [1.165, 1.54) is 0 Å². The number of nitrogens with one attached hydrogen (secondary N) is 4. The van der Waals surface area contributed by atoms with E-state index in [1.54, 1.807) is 20.8 Å². The van der Waals surface area contributed by atoms with Gasteiger partial charge in [0.2, 0.25) is 0 Å². The van der Waals surface area contributed by atoms with Gasteiger partial charge in [-0.3, -0.25) is 10.2 Å². The van der Waals surface area contributed by atoms with Crippen LogP contribution in [-0.2, 0) is 20.7 Å². The van der Waals surface area contributed by atoms with Gasteiger partial charge in [0.25, 0.3) is 5.91 Å². The lowest BCUT2D eigenvalue weighted by Crippen LogP contribution is -2.58. The van der Waals surface area contributed by atoms with Crippen molar-refractivity contribution in [3.63, 3.8) is 0 Å². The van der Waals surface area contributed by atoms with Gasteiger partial charge in [0.15, 0.2) is 0 Å². The van der Waals surface area contributed by atoms with E-state index < -0.39 is 47.3 Å². The number of hydrazine groups is 1. The number of aliphatic hydroxyl groups excluding tert-OH is 1. The Balaban J connectivity index is 1.34. The molecule has 5 N–H and O–H groups in total. The number of benzene rings is 3. The van der Waals surface area contributed by atoms with E-state index in [0.29, 0.717) is 6.42 Å². The number of amides is 3. The Hall–Kier alpha value is -3.68. The fourth-order valence-corrected chi connectivity index (χ4v) is 5.87.